The lowest BCUT2D eigenvalue weighted by atomic mass is 9.94. The fourth-order valence-corrected chi connectivity index (χ4v) is 2.92. The molecule has 0 radical (unpaired) electrons. The van der Waals surface area contributed by atoms with E-state index < -0.39 is 0 Å². The van der Waals surface area contributed by atoms with Crippen LogP contribution in [0.15, 0.2) is 66.7 Å². The first-order chi connectivity index (χ1) is 10.7. The molecule has 4 heteroatoms. The topological polar surface area (TPSA) is 57.5 Å². The van der Waals surface area contributed by atoms with Crippen LogP contribution < -0.4 is 5.30 Å². The molecule has 0 aliphatic rings. The van der Waals surface area contributed by atoms with Gasteiger partial charge in [-0.15, -0.1) is 0 Å². The van der Waals surface area contributed by atoms with Crippen LogP contribution in [-0.4, -0.2) is 10.2 Å². The molecular formula is C18H13O3P. The molecule has 2 N–H and O–H groups in total. The Morgan fingerprint density at radius 1 is 0.682 bits per heavy atom. The van der Waals surface area contributed by atoms with Crippen molar-refractivity contribution in [3.63, 3.8) is 0 Å². The van der Waals surface area contributed by atoms with Crippen LogP contribution in [0.25, 0.3) is 22.3 Å². The van der Waals surface area contributed by atoms with Gasteiger partial charge in [-0.2, -0.15) is 0 Å². The van der Waals surface area contributed by atoms with Crippen molar-refractivity contribution in [2.24, 2.45) is 0 Å². The Morgan fingerprint density at radius 3 is 1.77 bits per heavy atom. The highest BCUT2D eigenvalue weighted by atomic mass is 31.1. The van der Waals surface area contributed by atoms with Crippen molar-refractivity contribution in [1.29, 1.82) is 0 Å². The lowest BCUT2D eigenvalue weighted by Gasteiger charge is -2.12. The number of phenols is 2. The lowest BCUT2D eigenvalue weighted by molar-refractivity contribution is 0.475. The summed E-state index contributed by atoms with van der Waals surface area (Å²) in [5, 5.41) is 19.6. The zero-order valence-corrected chi connectivity index (χ0v) is 12.5. The lowest BCUT2D eigenvalue weighted by Crippen LogP contribution is -2.00. The number of rotatable bonds is 3. The molecule has 3 nitrogen and oxygen atoms in total. The number of phenolic OH excluding ortho intramolecular Hbond substituents is 2. The van der Waals surface area contributed by atoms with Gasteiger partial charge in [-0.1, -0.05) is 36.4 Å². The van der Waals surface area contributed by atoms with E-state index in [9.17, 15) is 14.8 Å². The summed E-state index contributed by atoms with van der Waals surface area (Å²) in [5.41, 5.74) is 3.57. The smallest absolute Gasteiger partial charge is 0.192 e. The van der Waals surface area contributed by atoms with Crippen LogP contribution in [0.4, 0.5) is 0 Å². The zero-order chi connectivity index (χ0) is 15.5. The minimum absolute atomic E-state index is 0.0634. The summed E-state index contributed by atoms with van der Waals surface area (Å²) in [6, 6.07) is 19.3. The van der Waals surface area contributed by atoms with E-state index in [0.29, 0.717) is 5.30 Å². The Balaban J connectivity index is 2.24. The minimum Gasteiger partial charge on any atom is -0.508 e. The molecule has 108 valence electrons. The Hall–Kier alpha value is -2.64. The summed E-state index contributed by atoms with van der Waals surface area (Å²) in [4.78, 5) is 0. The second-order valence-corrected chi connectivity index (χ2v) is 5.55. The van der Waals surface area contributed by atoms with Gasteiger partial charge in [-0.25, -0.2) is 0 Å². The molecule has 0 saturated heterocycles. The van der Waals surface area contributed by atoms with Gasteiger partial charge in [0.1, 0.15) is 11.5 Å². The Kier molecular flexibility index (Phi) is 3.90. The van der Waals surface area contributed by atoms with Crippen molar-refractivity contribution in [3.05, 3.63) is 66.7 Å². The second-order valence-electron chi connectivity index (χ2n) is 4.88. The molecule has 0 aliphatic carbocycles. The third-order valence-electron chi connectivity index (χ3n) is 3.48. The first kappa shape index (κ1) is 14.3. The molecule has 0 amide bonds. The first-order valence-electron chi connectivity index (χ1n) is 6.74. The Labute approximate surface area is 129 Å². The zero-order valence-electron chi connectivity index (χ0n) is 11.6. The van der Waals surface area contributed by atoms with E-state index >= 15 is 0 Å². The maximum Gasteiger partial charge on any atom is 0.192 e. The summed E-state index contributed by atoms with van der Waals surface area (Å²) in [6.45, 7) is 0. The first-order valence-corrected chi connectivity index (χ1v) is 7.55. The van der Waals surface area contributed by atoms with Crippen molar-refractivity contribution >= 4 is 13.8 Å². The van der Waals surface area contributed by atoms with Gasteiger partial charge in [0.05, 0.1) is 5.30 Å². The third-order valence-corrected chi connectivity index (χ3v) is 4.04. The molecular weight excluding hydrogens is 295 g/mol. The van der Waals surface area contributed by atoms with Crippen LogP contribution in [0, 0.1) is 0 Å². The van der Waals surface area contributed by atoms with E-state index in [0.717, 1.165) is 22.3 Å². The van der Waals surface area contributed by atoms with E-state index in [1.807, 2.05) is 24.3 Å². The van der Waals surface area contributed by atoms with E-state index in [2.05, 4.69) is 0 Å². The summed E-state index contributed by atoms with van der Waals surface area (Å²) < 4.78 is 11.5. The van der Waals surface area contributed by atoms with E-state index in [-0.39, 0.29) is 20.0 Å². The van der Waals surface area contributed by atoms with Gasteiger partial charge in [0.15, 0.2) is 8.46 Å². The fraction of sp³-hybridized carbons (Fsp3) is 0. The monoisotopic (exact) mass is 308 g/mol. The molecule has 0 saturated carbocycles. The number of hydrogen-bond donors (Lipinski definition) is 2. The van der Waals surface area contributed by atoms with Gasteiger partial charge in [0.25, 0.3) is 0 Å². The van der Waals surface area contributed by atoms with E-state index in [1.165, 1.54) is 0 Å². The van der Waals surface area contributed by atoms with Crippen LogP contribution in [-0.2, 0) is 4.57 Å². The molecule has 0 fully saturated rings. The van der Waals surface area contributed by atoms with Crippen LogP contribution in [0.1, 0.15) is 0 Å². The molecule has 3 rings (SSSR count). The van der Waals surface area contributed by atoms with Gasteiger partial charge in [-0.3, -0.25) is 4.57 Å². The van der Waals surface area contributed by atoms with Gasteiger partial charge in [0, 0.05) is 5.56 Å². The molecule has 0 spiro atoms. The average Bonchev–Trinajstić information content (AvgIpc) is 2.56. The normalized spacial score (nSPS) is 10.7. The maximum atomic E-state index is 11.5. The SMILES string of the molecule is O=Pc1cccc(-c2ccc(O)cc2)c1-c1ccc(O)cc1. The van der Waals surface area contributed by atoms with Gasteiger partial charge >= 0.3 is 0 Å². The molecule has 0 atom stereocenters. The maximum absolute atomic E-state index is 11.5. The van der Waals surface area contributed by atoms with E-state index in [4.69, 9.17) is 0 Å². The van der Waals surface area contributed by atoms with Crippen molar-refractivity contribution in [3.8, 4) is 33.8 Å². The van der Waals surface area contributed by atoms with Crippen LogP contribution in [0.3, 0.4) is 0 Å². The van der Waals surface area contributed by atoms with Crippen LogP contribution in [0.2, 0.25) is 0 Å². The standard InChI is InChI=1S/C18H13O3P/c19-14-8-4-12(5-9-14)16-2-1-3-17(22-21)18(16)13-6-10-15(20)11-7-13/h1-11,19-20H. The average molecular weight is 308 g/mol. The predicted molar refractivity (Wildman–Crippen MR) is 87.9 cm³/mol. The van der Waals surface area contributed by atoms with Crippen LogP contribution in [0.5, 0.6) is 11.5 Å². The van der Waals surface area contributed by atoms with Crippen molar-refractivity contribution < 1.29 is 14.8 Å². The fourth-order valence-electron chi connectivity index (χ4n) is 2.43. The molecule has 0 aliphatic heterocycles. The number of aromatic hydroxyl groups is 2. The van der Waals surface area contributed by atoms with E-state index in [1.54, 1.807) is 42.5 Å². The molecule has 0 aromatic heterocycles. The predicted octanol–water partition coefficient (Wildman–Crippen LogP) is 4.35. The summed E-state index contributed by atoms with van der Waals surface area (Å²) >= 11 is 0. The molecule has 0 bridgehead atoms. The summed E-state index contributed by atoms with van der Waals surface area (Å²) in [7, 11) is -0.0634. The van der Waals surface area contributed by atoms with Crippen molar-refractivity contribution in [2.75, 3.05) is 0 Å². The molecule has 0 heterocycles. The minimum atomic E-state index is -0.0634. The molecule has 0 unspecified atom stereocenters. The van der Waals surface area contributed by atoms with Gasteiger partial charge in [-0.05, 0) is 47.0 Å². The Bertz CT molecular complexity index is 809. The highest BCUT2D eigenvalue weighted by Crippen LogP contribution is 2.33. The third kappa shape index (κ3) is 2.72. The highest BCUT2D eigenvalue weighted by molar-refractivity contribution is 7.34. The summed E-state index contributed by atoms with van der Waals surface area (Å²) in [6.07, 6.45) is 0. The summed E-state index contributed by atoms with van der Waals surface area (Å²) in [5.74, 6) is 0.389. The van der Waals surface area contributed by atoms with Gasteiger partial charge in [0.2, 0.25) is 0 Å². The van der Waals surface area contributed by atoms with Crippen LogP contribution >= 0.6 is 8.46 Å². The molecule has 3 aromatic carbocycles. The Morgan fingerprint density at radius 2 is 1.23 bits per heavy atom. The number of benzene rings is 3. The molecule has 22 heavy (non-hydrogen) atoms. The molecule has 3 aromatic rings. The quantitative estimate of drug-likeness (QED) is 0.707. The van der Waals surface area contributed by atoms with Crippen molar-refractivity contribution in [1.82, 2.24) is 0 Å². The second kappa shape index (κ2) is 6.00. The van der Waals surface area contributed by atoms with Crippen molar-refractivity contribution in [2.45, 2.75) is 0 Å². The largest absolute Gasteiger partial charge is 0.508 e. The number of hydrogen-bond acceptors (Lipinski definition) is 3. The highest BCUT2D eigenvalue weighted by Gasteiger charge is 2.12. The van der Waals surface area contributed by atoms with Gasteiger partial charge < -0.3 is 10.2 Å².